The Morgan fingerprint density at radius 3 is 2.56 bits per heavy atom. The second-order valence-corrected chi connectivity index (χ2v) is 8.72. The second kappa shape index (κ2) is 5.73. The van der Waals surface area contributed by atoms with Gasteiger partial charge in [0.25, 0.3) is 5.92 Å². The molecule has 0 radical (unpaired) electrons. The molecule has 1 aliphatic carbocycles. The first-order chi connectivity index (χ1) is 12.6. The molecule has 3 N–H and O–H groups in total. The molecule has 0 bridgehead atoms. The number of alkyl halides is 2. The second-order valence-electron chi connectivity index (χ2n) is 6.76. The van der Waals surface area contributed by atoms with Crippen molar-refractivity contribution in [3.63, 3.8) is 0 Å². The lowest BCUT2D eigenvalue weighted by Crippen LogP contribution is -2.33. The summed E-state index contributed by atoms with van der Waals surface area (Å²) in [4.78, 5) is 0. The van der Waals surface area contributed by atoms with Gasteiger partial charge in [0.15, 0.2) is 0 Å². The molecule has 2 aliphatic rings. The summed E-state index contributed by atoms with van der Waals surface area (Å²) in [6, 6.07) is 11.4. The van der Waals surface area contributed by atoms with Crippen LogP contribution in [0.4, 0.5) is 20.2 Å². The van der Waals surface area contributed by atoms with Gasteiger partial charge in [-0.25, -0.2) is 8.78 Å². The summed E-state index contributed by atoms with van der Waals surface area (Å²) in [7, 11) is -1.95. The maximum atomic E-state index is 13.3. The quantitative estimate of drug-likeness (QED) is 0.715. The zero-order chi connectivity index (χ0) is 19.6. The van der Waals surface area contributed by atoms with Gasteiger partial charge in [0.1, 0.15) is 5.75 Å². The SMILES string of the molecule is CN1c2cc(-c3cc(O)ccc3C#N)ccc2N(CC2CC2(F)F)S1(O)O. The molecule has 0 saturated heterocycles. The molecule has 27 heavy (non-hydrogen) atoms. The third-order valence-corrected chi connectivity index (χ3v) is 6.89. The van der Waals surface area contributed by atoms with Crippen LogP contribution in [0.1, 0.15) is 12.0 Å². The Bertz CT molecular complexity index is 977. The number of nitrogens with zero attached hydrogens (tertiary/aromatic N) is 3. The molecular weight excluding hydrogens is 376 g/mol. The van der Waals surface area contributed by atoms with Gasteiger partial charge in [-0.2, -0.15) is 5.26 Å². The molecular formula is C18H17F2N3O3S. The molecule has 1 aliphatic heterocycles. The number of benzene rings is 2. The molecule has 1 fully saturated rings. The van der Waals surface area contributed by atoms with E-state index in [2.05, 4.69) is 6.07 Å². The molecule has 142 valence electrons. The molecule has 9 heteroatoms. The standard InChI is InChI=1S/C18H17F2N3O3S/c1-22-17-6-11(15-7-14(24)4-2-12(15)9-21)3-5-16(17)23(27(22,25)26)10-13-8-18(13,19)20/h2-7,13,24-26H,8,10H2,1H3. The van der Waals surface area contributed by atoms with E-state index in [1.807, 2.05) is 0 Å². The topological polar surface area (TPSA) is 91.0 Å². The number of phenols is 1. The first kappa shape index (κ1) is 17.9. The summed E-state index contributed by atoms with van der Waals surface area (Å²) in [5.74, 6) is -3.67. The zero-order valence-corrected chi connectivity index (χ0v) is 15.1. The summed E-state index contributed by atoms with van der Waals surface area (Å²) in [6.45, 7) is -0.151. The van der Waals surface area contributed by atoms with Gasteiger partial charge in [0.05, 0.1) is 23.0 Å². The van der Waals surface area contributed by atoms with E-state index in [1.54, 1.807) is 18.2 Å². The molecule has 1 saturated carbocycles. The van der Waals surface area contributed by atoms with Crippen LogP contribution in [-0.4, -0.2) is 33.7 Å². The Morgan fingerprint density at radius 1 is 1.22 bits per heavy atom. The van der Waals surface area contributed by atoms with Crippen molar-refractivity contribution >= 4 is 22.3 Å². The molecule has 0 spiro atoms. The normalized spacial score (nSPS) is 22.9. The highest BCUT2D eigenvalue weighted by Gasteiger charge is 2.59. The van der Waals surface area contributed by atoms with Crippen LogP contribution in [0.5, 0.6) is 5.75 Å². The van der Waals surface area contributed by atoms with E-state index in [9.17, 15) is 28.3 Å². The smallest absolute Gasteiger partial charge is 0.253 e. The van der Waals surface area contributed by atoms with Gasteiger partial charge < -0.3 is 5.11 Å². The Hall–Kier alpha value is -2.54. The van der Waals surface area contributed by atoms with Crippen LogP contribution in [0.25, 0.3) is 11.1 Å². The van der Waals surface area contributed by atoms with Crippen molar-refractivity contribution in [3.8, 4) is 22.9 Å². The number of hydrogen-bond acceptors (Lipinski definition) is 6. The van der Waals surface area contributed by atoms with Gasteiger partial charge in [-0.3, -0.25) is 17.7 Å². The lowest BCUT2D eigenvalue weighted by atomic mass is 9.99. The van der Waals surface area contributed by atoms with Crippen LogP contribution in [0.2, 0.25) is 0 Å². The van der Waals surface area contributed by atoms with Crippen LogP contribution >= 0.6 is 11.0 Å². The number of hydrogen-bond donors (Lipinski definition) is 3. The molecule has 4 rings (SSSR count). The number of nitriles is 1. The van der Waals surface area contributed by atoms with Crippen molar-refractivity contribution in [1.29, 1.82) is 5.26 Å². The molecule has 2 aromatic rings. The Balaban J connectivity index is 1.76. The van der Waals surface area contributed by atoms with Crippen molar-refractivity contribution in [3.05, 3.63) is 42.0 Å². The maximum Gasteiger partial charge on any atom is 0.253 e. The van der Waals surface area contributed by atoms with Gasteiger partial charge in [0, 0.05) is 31.5 Å². The Kier molecular flexibility index (Phi) is 3.79. The number of aromatic hydroxyl groups is 1. The average molecular weight is 393 g/mol. The van der Waals surface area contributed by atoms with E-state index < -0.39 is 22.8 Å². The zero-order valence-electron chi connectivity index (χ0n) is 14.3. The van der Waals surface area contributed by atoms with Crippen molar-refractivity contribution in [2.45, 2.75) is 12.3 Å². The molecule has 1 unspecified atom stereocenters. The Morgan fingerprint density at radius 2 is 1.93 bits per heavy atom. The fraction of sp³-hybridized carbons (Fsp3) is 0.278. The molecule has 2 aromatic carbocycles. The highest BCUT2D eigenvalue weighted by molar-refractivity contribution is 8.26. The van der Waals surface area contributed by atoms with Crippen molar-refractivity contribution < 1.29 is 23.0 Å². The minimum atomic E-state index is -3.43. The predicted molar refractivity (Wildman–Crippen MR) is 99.9 cm³/mol. The minimum absolute atomic E-state index is 0.000248. The molecule has 1 heterocycles. The molecule has 1 atom stereocenters. The van der Waals surface area contributed by atoms with Crippen LogP contribution < -0.4 is 8.61 Å². The van der Waals surface area contributed by atoms with Crippen molar-refractivity contribution in [1.82, 2.24) is 0 Å². The maximum absolute atomic E-state index is 13.3. The first-order valence-corrected chi connectivity index (χ1v) is 9.66. The molecule has 6 nitrogen and oxygen atoms in total. The van der Waals surface area contributed by atoms with E-state index in [0.717, 1.165) is 0 Å². The fourth-order valence-electron chi connectivity index (χ4n) is 3.30. The summed E-state index contributed by atoms with van der Waals surface area (Å²) in [5.41, 5.74) is 2.36. The third kappa shape index (κ3) is 2.77. The molecule has 0 amide bonds. The van der Waals surface area contributed by atoms with Gasteiger partial charge in [-0.1, -0.05) is 6.07 Å². The number of anilines is 2. The highest BCUT2D eigenvalue weighted by Crippen LogP contribution is 2.63. The van der Waals surface area contributed by atoms with Crippen LogP contribution in [0.3, 0.4) is 0 Å². The minimum Gasteiger partial charge on any atom is -0.508 e. The van der Waals surface area contributed by atoms with E-state index in [1.165, 1.54) is 33.9 Å². The van der Waals surface area contributed by atoms with Crippen molar-refractivity contribution in [2.75, 3.05) is 22.2 Å². The summed E-state index contributed by atoms with van der Waals surface area (Å²) in [5, 5.41) is 19.0. The third-order valence-electron chi connectivity index (χ3n) is 5.02. The molecule has 0 aromatic heterocycles. The average Bonchev–Trinajstić information content (AvgIpc) is 3.19. The van der Waals surface area contributed by atoms with Crippen LogP contribution in [0.15, 0.2) is 36.4 Å². The fourth-order valence-corrected chi connectivity index (χ4v) is 4.80. The van der Waals surface area contributed by atoms with E-state index >= 15 is 0 Å². The number of rotatable bonds is 3. The number of halogens is 2. The summed E-state index contributed by atoms with van der Waals surface area (Å²) in [6.07, 6.45) is -0.259. The van der Waals surface area contributed by atoms with E-state index in [4.69, 9.17) is 0 Å². The first-order valence-electron chi connectivity index (χ1n) is 8.20. The van der Waals surface area contributed by atoms with Crippen LogP contribution in [0, 0.1) is 17.2 Å². The van der Waals surface area contributed by atoms with E-state index in [0.29, 0.717) is 28.1 Å². The lowest BCUT2D eigenvalue weighted by molar-refractivity contribution is 0.101. The van der Waals surface area contributed by atoms with Gasteiger partial charge in [-0.15, -0.1) is 0 Å². The monoisotopic (exact) mass is 393 g/mol. The largest absolute Gasteiger partial charge is 0.508 e. The Labute approximate surface area is 156 Å². The lowest BCUT2D eigenvalue weighted by Gasteiger charge is -2.42. The van der Waals surface area contributed by atoms with Crippen LogP contribution in [-0.2, 0) is 0 Å². The number of fused-ring (bicyclic) bond motifs is 1. The predicted octanol–water partition coefficient (Wildman–Crippen LogP) is 4.42. The van der Waals surface area contributed by atoms with Gasteiger partial charge >= 0.3 is 0 Å². The van der Waals surface area contributed by atoms with Gasteiger partial charge in [-0.05, 0) is 46.9 Å². The highest BCUT2D eigenvalue weighted by atomic mass is 32.3. The number of phenolic OH excluding ortho intramolecular Hbond substituents is 1. The van der Waals surface area contributed by atoms with Gasteiger partial charge in [0.2, 0.25) is 0 Å². The van der Waals surface area contributed by atoms with Crippen molar-refractivity contribution in [2.24, 2.45) is 5.92 Å². The summed E-state index contributed by atoms with van der Waals surface area (Å²) < 4.78 is 50.3. The summed E-state index contributed by atoms with van der Waals surface area (Å²) >= 11 is 0. The van der Waals surface area contributed by atoms with E-state index in [-0.39, 0.29) is 18.7 Å².